The molecule has 3 heteroatoms. The Morgan fingerprint density at radius 2 is 1.46 bits per heavy atom. The molecule has 1 N–H and O–H groups in total. The molecule has 0 spiro atoms. The Balaban J connectivity index is 1.56. The lowest BCUT2D eigenvalue weighted by atomic mass is 9.68. The van der Waals surface area contributed by atoms with Gasteiger partial charge in [-0.25, -0.2) is 4.39 Å². The third-order valence-corrected chi connectivity index (χ3v) is 6.25. The van der Waals surface area contributed by atoms with E-state index in [0.717, 1.165) is 43.4 Å². The Bertz CT molecular complexity index is 580. The molecule has 1 aromatic carbocycles. The second-order valence-electron chi connectivity index (χ2n) is 7.61. The summed E-state index contributed by atoms with van der Waals surface area (Å²) in [4.78, 5) is 0. The quantitative estimate of drug-likeness (QED) is 0.641. The predicted octanol–water partition coefficient (Wildman–Crippen LogP) is 6.33. The lowest BCUT2D eigenvalue weighted by Crippen LogP contribution is -2.25. The van der Waals surface area contributed by atoms with Gasteiger partial charge in [0, 0.05) is 0 Å². The Kier molecular flexibility index (Phi) is 5.57. The molecular weight excluding hydrogens is 306 g/mol. The highest BCUT2D eigenvalue weighted by atomic mass is 19.2. The molecule has 0 saturated heterocycles. The van der Waals surface area contributed by atoms with Gasteiger partial charge in [0.25, 0.3) is 0 Å². The molecule has 3 rings (SSSR count). The van der Waals surface area contributed by atoms with Crippen LogP contribution in [0.1, 0.15) is 69.8 Å². The van der Waals surface area contributed by atoms with Crippen LogP contribution in [0, 0.1) is 29.4 Å². The Morgan fingerprint density at radius 3 is 2.04 bits per heavy atom. The summed E-state index contributed by atoms with van der Waals surface area (Å²) in [6, 6.07) is 2.84. The zero-order chi connectivity index (χ0) is 17.1. The molecule has 2 fully saturated rings. The van der Waals surface area contributed by atoms with Crippen LogP contribution in [-0.4, -0.2) is 5.11 Å². The van der Waals surface area contributed by atoms with E-state index in [9.17, 15) is 13.9 Å². The van der Waals surface area contributed by atoms with Crippen molar-refractivity contribution in [2.45, 2.75) is 64.2 Å². The van der Waals surface area contributed by atoms with E-state index in [1.54, 1.807) is 6.07 Å². The van der Waals surface area contributed by atoms with Crippen LogP contribution in [-0.2, 0) is 0 Å². The number of halogens is 2. The maximum absolute atomic E-state index is 14.1. The highest BCUT2D eigenvalue weighted by Crippen LogP contribution is 2.44. The average molecular weight is 334 g/mol. The first kappa shape index (κ1) is 17.4. The van der Waals surface area contributed by atoms with Crippen LogP contribution in [0.25, 0.3) is 0 Å². The summed E-state index contributed by atoms with van der Waals surface area (Å²) in [7, 11) is 0. The van der Waals surface area contributed by atoms with Gasteiger partial charge >= 0.3 is 0 Å². The van der Waals surface area contributed by atoms with Crippen LogP contribution in [0.15, 0.2) is 24.3 Å². The summed E-state index contributed by atoms with van der Waals surface area (Å²) >= 11 is 0. The van der Waals surface area contributed by atoms with E-state index in [1.165, 1.54) is 31.7 Å². The fourth-order valence-electron chi connectivity index (χ4n) is 4.85. The zero-order valence-electron chi connectivity index (χ0n) is 14.5. The van der Waals surface area contributed by atoms with Crippen molar-refractivity contribution in [2.24, 2.45) is 17.8 Å². The number of hydrogen-bond donors (Lipinski definition) is 1. The van der Waals surface area contributed by atoms with Gasteiger partial charge in [0.1, 0.15) is 0 Å². The van der Waals surface area contributed by atoms with Gasteiger partial charge in [0.2, 0.25) is 5.82 Å². The zero-order valence-corrected chi connectivity index (χ0v) is 14.5. The second kappa shape index (κ2) is 7.67. The van der Waals surface area contributed by atoms with Gasteiger partial charge in [-0.3, -0.25) is 0 Å². The smallest absolute Gasteiger partial charge is 0.200 e. The molecule has 0 unspecified atom stereocenters. The van der Waals surface area contributed by atoms with E-state index in [1.807, 2.05) is 0 Å². The number of phenolic OH excluding ortho intramolecular Hbond substituents is 1. The molecule has 132 valence electrons. The summed E-state index contributed by atoms with van der Waals surface area (Å²) in [6.45, 7) is 2.10. The molecule has 0 bridgehead atoms. The number of phenols is 1. The Morgan fingerprint density at radius 1 is 0.875 bits per heavy atom. The molecule has 2 saturated carbocycles. The van der Waals surface area contributed by atoms with Crippen molar-refractivity contribution in [1.29, 1.82) is 0 Å². The van der Waals surface area contributed by atoms with E-state index < -0.39 is 17.4 Å². The van der Waals surface area contributed by atoms with Crippen LogP contribution >= 0.6 is 0 Å². The summed E-state index contributed by atoms with van der Waals surface area (Å²) in [5.74, 6) is -0.135. The maximum Gasteiger partial charge on any atom is 0.200 e. The SMILES string of the molecule is C/C=C/C1CCC(C2CCC(c3ccc(O)c(F)c3F)CC2)CC1. The Labute approximate surface area is 143 Å². The fourth-order valence-corrected chi connectivity index (χ4v) is 4.85. The third kappa shape index (κ3) is 3.65. The first-order chi connectivity index (χ1) is 11.6. The molecule has 1 aromatic rings. The van der Waals surface area contributed by atoms with Crippen LogP contribution in [0.4, 0.5) is 8.78 Å². The standard InChI is InChI=1S/C21H28F2O/c1-2-3-14-4-6-15(7-5-14)16-8-10-17(11-9-16)18-12-13-19(24)21(23)20(18)22/h2-3,12-17,24H,4-11H2,1H3/b3-2+. The van der Waals surface area contributed by atoms with Crippen molar-refractivity contribution in [3.8, 4) is 5.75 Å². The summed E-state index contributed by atoms with van der Waals surface area (Å²) in [5.41, 5.74) is 0.445. The van der Waals surface area contributed by atoms with Gasteiger partial charge in [-0.15, -0.1) is 0 Å². The van der Waals surface area contributed by atoms with Gasteiger partial charge < -0.3 is 5.11 Å². The summed E-state index contributed by atoms with van der Waals surface area (Å²) in [6.07, 6.45) is 13.8. The monoisotopic (exact) mass is 334 g/mol. The topological polar surface area (TPSA) is 20.2 Å². The molecule has 0 aromatic heterocycles. The first-order valence-corrected chi connectivity index (χ1v) is 9.39. The van der Waals surface area contributed by atoms with Crippen LogP contribution in [0.3, 0.4) is 0 Å². The van der Waals surface area contributed by atoms with E-state index in [2.05, 4.69) is 19.1 Å². The van der Waals surface area contributed by atoms with Gasteiger partial charge in [0.15, 0.2) is 11.6 Å². The number of hydrogen-bond acceptors (Lipinski definition) is 1. The van der Waals surface area contributed by atoms with Crippen molar-refractivity contribution in [3.05, 3.63) is 41.5 Å². The highest BCUT2D eigenvalue weighted by Gasteiger charge is 2.32. The predicted molar refractivity (Wildman–Crippen MR) is 93.0 cm³/mol. The lowest BCUT2D eigenvalue weighted by Gasteiger charge is -2.37. The molecule has 0 amide bonds. The maximum atomic E-state index is 14.1. The minimum Gasteiger partial charge on any atom is -0.505 e. The van der Waals surface area contributed by atoms with Gasteiger partial charge in [-0.05, 0) is 93.6 Å². The van der Waals surface area contributed by atoms with Gasteiger partial charge in [-0.1, -0.05) is 18.2 Å². The van der Waals surface area contributed by atoms with Crippen molar-refractivity contribution >= 4 is 0 Å². The van der Waals surface area contributed by atoms with Crippen LogP contribution in [0.2, 0.25) is 0 Å². The highest BCUT2D eigenvalue weighted by molar-refractivity contribution is 5.32. The Hall–Kier alpha value is -1.38. The molecular formula is C21H28F2O. The molecule has 1 nitrogen and oxygen atoms in total. The molecule has 2 aliphatic rings. The normalized spacial score (nSPS) is 31.5. The second-order valence-corrected chi connectivity index (χ2v) is 7.61. The minimum atomic E-state index is -1.10. The van der Waals surface area contributed by atoms with E-state index in [0.29, 0.717) is 5.56 Å². The van der Waals surface area contributed by atoms with E-state index in [4.69, 9.17) is 0 Å². The van der Waals surface area contributed by atoms with Crippen LogP contribution < -0.4 is 0 Å². The largest absolute Gasteiger partial charge is 0.505 e. The average Bonchev–Trinajstić information content (AvgIpc) is 2.61. The fraction of sp³-hybridized carbons (Fsp3) is 0.619. The molecule has 0 radical (unpaired) electrons. The number of benzene rings is 1. The molecule has 0 aliphatic heterocycles. The first-order valence-electron chi connectivity index (χ1n) is 9.39. The van der Waals surface area contributed by atoms with Gasteiger partial charge in [-0.2, -0.15) is 4.39 Å². The number of allylic oxidation sites excluding steroid dienone is 2. The molecule has 24 heavy (non-hydrogen) atoms. The van der Waals surface area contributed by atoms with E-state index >= 15 is 0 Å². The summed E-state index contributed by atoms with van der Waals surface area (Å²) in [5, 5.41) is 9.27. The molecule has 0 heterocycles. The van der Waals surface area contributed by atoms with Crippen molar-refractivity contribution in [3.63, 3.8) is 0 Å². The minimum absolute atomic E-state index is 0.0933. The third-order valence-electron chi connectivity index (χ3n) is 6.25. The molecule has 2 aliphatic carbocycles. The number of aromatic hydroxyl groups is 1. The molecule has 0 atom stereocenters. The van der Waals surface area contributed by atoms with E-state index in [-0.39, 0.29) is 5.92 Å². The number of rotatable bonds is 3. The van der Waals surface area contributed by atoms with Crippen molar-refractivity contribution in [1.82, 2.24) is 0 Å². The van der Waals surface area contributed by atoms with Crippen molar-refractivity contribution in [2.75, 3.05) is 0 Å². The van der Waals surface area contributed by atoms with Crippen LogP contribution in [0.5, 0.6) is 5.75 Å². The van der Waals surface area contributed by atoms with Gasteiger partial charge in [0.05, 0.1) is 0 Å². The van der Waals surface area contributed by atoms with Crippen molar-refractivity contribution < 1.29 is 13.9 Å². The summed E-state index contributed by atoms with van der Waals surface area (Å²) < 4.78 is 27.7. The lowest BCUT2D eigenvalue weighted by molar-refractivity contribution is 0.170.